The molecule has 0 bridgehead atoms. The highest BCUT2D eigenvalue weighted by molar-refractivity contribution is 7.47. The van der Waals surface area contributed by atoms with E-state index in [0.29, 0.717) is 25.7 Å². The van der Waals surface area contributed by atoms with Crippen molar-refractivity contribution in [1.82, 2.24) is 0 Å². The standard InChI is InChI=1S/C79H142O17P2/c1-5-9-13-17-21-25-29-33-36-40-44-48-52-56-60-64-77(82)90-70-75(96-79(84)66-62-58-54-50-46-42-38-35-31-27-23-19-15-11-7-3)72-94-98(87,88)92-68-73(80)67-91-97(85,86)93-71-74(69-89-76(81)63-59-55-51-47-43-39-32-28-24-20-16-12-8-4)95-78(83)65-61-57-53-49-45-41-37-34-30-26-22-18-14-10-6-2/h22,25-27,29,31,33-38,73-75,80H,5-21,23-24,28,30,32,39-72H2,1-4H3,(H,85,86)(H,87,88)/b26-22-,29-25-,31-27-,36-33-,37-34-,38-35-/t73-,74-,75-/m1/s1. The van der Waals surface area contributed by atoms with Crippen LogP contribution in [0.15, 0.2) is 72.9 Å². The monoisotopic (exact) mass is 1420 g/mol. The number of rotatable bonds is 74. The van der Waals surface area contributed by atoms with Gasteiger partial charge in [-0.1, -0.05) is 287 Å². The zero-order valence-corrected chi connectivity index (χ0v) is 64.0. The fraction of sp³-hybridized carbons (Fsp3) is 0.797. The lowest BCUT2D eigenvalue weighted by Gasteiger charge is -2.21. The van der Waals surface area contributed by atoms with Gasteiger partial charge in [0.05, 0.1) is 26.4 Å². The molecule has 0 aromatic heterocycles. The Morgan fingerprint density at radius 1 is 0.296 bits per heavy atom. The minimum Gasteiger partial charge on any atom is -0.462 e. The Labute approximate surface area is 596 Å². The van der Waals surface area contributed by atoms with Gasteiger partial charge in [-0.25, -0.2) is 9.13 Å². The van der Waals surface area contributed by atoms with E-state index in [0.717, 1.165) is 141 Å². The number of allylic oxidation sites excluding steroid dienone is 12. The number of carbonyl (C=O) groups excluding carboxylic acids is 4. The van der Waals surface area contributed by atoms with Crippen LogP contribution in [0.4, 0.5) is 0 Å². The fourth-order valence-electron chi connectivity index (χ4n) is 10.6. The Kier molecular flexibility index (Phi) is 69.3. The number of phosphoric ester groups is 2. The average Bonchev–Trinajstić information content (AvgIpc) is 1.05. The van der Waals surface area contributed by atoms with E-state index in [2.05, 4.69) is 101 Å². The molecule has 0 fully saturated rings. The molecule has 0 aliphatic carbocycles. The first-order chi connectivity index (χ1) is 47.7. The van der Waals surface area contributed by atoms with Gasteiger partial charge in [0.2, 0.25) is 0 Å². The van der Waals surface area contributed by atoms with Crippen molar-refractivity contribution < 1.29 is 80.2 Å². The lowest BCUT2D eigenvalue weighted by atomic mass is 10.0. The van der Waals surface area contributed by atoms with Crippen molar-refractivity contribution in [2.24, 2.45) is 0 Å². The molecule has 0 aliphatic heterocycles. The normalized spacial score (nSPS) is 14.3. The topological polar surface area (TPSA) is 237 Å². The molecule has 0 spiro atoms. The number of hydrogen-bond donors (Lipinski definition) is 3. The second-order valence-corrected chi connectivity index (χ2v) is 29.3. The largest absolute Gasteiger partial charge is 0.472 e. The first-order valence-corrected chi connectivity index (χ1v) is 42.2. The lowest BCUT2D eigenvalue weighted by molar-refractivity contribution is -0.161. The van der Waals surface area contributed by atoms with Crippen LogP contribution >= 0.6 is 15.6 Å². The molecule has 570 valence electrons. The van der Waals surface area contributed by atoms with Crippen LogP contribution in [-0.4, -0.2) is 96.7 Å². The van der Waals surface area contributed by atoms with E-state index in [-0.39, 0.29) is 25.7 Å². The van der Waals surface area contributed by atoms with Gasteiger partial charge in [-0.2, -0.15) is 0 Å². The zero-order valence-electron chi connectivity index (χ0n) is 62.2. The predicted molar refractivity (Wildman–Crippen MR) is 400 cm³/mol. The third-order valence-corrected chi connectivity index (χ3v) is 18.6. The van der Waals surface area contributed by atoms with Crippen LogP contribution in [0.25, 0.3) is 0 Å². The summed E-state index contributed by atoms with van der Waals surface area (Å²) in [6.07, 6.45) is 71.6. The number of hydrogen-bond acceptors (Lipinski definition) is 15. The molecule has 3 N–H and O–H groups in total. The molecule has 0 amide bonds. The maximum absolute atomic E-state index is 13.1. The highest BCUT2D eigenvalue weighted by Crippen LogP contribution is 2.45. The van der Waals surface area contributed by atoms with E-state index in [1.54, 1.807) is 0 Å². The van der Waals surface area contributed by atoms with Crippen LogP contribution in [0, 0.1) is 0 Å². The van der Waals surface area contributed by atoms with Crippen molar-refractivity contribution in [2.45, 2.75) is 367 Å². The van der Waals surface area contributed by atoms with Gasteiger partial charge in [-0.15, -0.1) is 0 Å². The number of phosphoric acid groups is 2. The van der Waals surface area contributed by atoms with Crippen LogP contribution in [0.1, 0.15) is 349 Å². The van der Waals surface area contributed by atoms with Crippen molar-refractivity contribution in [3.8, 4) is 0 Å². The van der Waals surface area contributed by atoms with Crippen molar-refractivity contribution in [2.75, 3.05) is 39.6 Å². The summed E-state index contributed by atoms with van der Waals surface area (Å²) in [7, 11) is -9.95. The third kappa shape index (κ3) is 70.9. The molecule has 2 unspecified atom stereocenters. The first-order valence-electron chi connectivity index (χ1n) is 39.2. The summed E-state index contributed by atoms with van der Waals surface area (Å²) >= 11 is 0. The number of ether oxygens (including phenoxy) is 4. The number of unbranched alkanes of at least 4 members (excludes halogenated alkanes) is 38. The summed E-state index contributed by atoms with van der Waals surface area (Å²) in [6, 6.07) is 0. The Morgan fingerprint density at radius 3 is 0.847 bits per heavy atom. The lowest BCUT2D eigenvalue weighted by Crippen LogP contribution is -2.30. The SMILES string of the molecule is CCCCC/C=C\C/C=C\CCCCCCCC(=O)O[C@H](COC(=O)CCCCCCCCCCCCCCC)COP(=O)(O)OC[C@@H](O)COP(=O)(O)OC[C@@H](COC(=O)CCCCCCC/C=C\C=C/CCCCCC)OC(=O)CCCCCCC/C=C\C=C/CCCCCC. The molecule has 5 atom stereocenters. The van der Waals surface area contributed by atoms with Crippen molar-refractivity contribution in [1.29, 1.82) is 0 Å². The minimum absolute atomic E-state index is 0.0761. The van der Waals surface area contributed by atoms with Gasteiger partial charge in [0.25, 0.3) is 0 Å². The quantitative estimate of drug-likeness (QED) is 0.0128. The molecular formula is C79H142O17P2. The molecule has 0 saturated carbocycles. The molecule has 0 heterocycles. The zero-order chi connectivity index (χ0) is 71.8. The number of carbonyl (C=O) groups is 4. The molecule has 0 aromatic rings. The second-order valence-electron chi connectivity index (χ2n) is 26.4. The van der Waals surface area contributed by atoms with Crippen LogP contribution in [0.3, 0.4) is 0 Å². The Morgan fingerprint density at radius 2 is 0.531 bits per heavy atom. The Hall–Kier alpha value is -3.50. The average molecular weight is 1430 g/mol. The number of aliphatic hydroxyl groups excluding tert-OH is 1. The summed E-state index contributed by atoms with van der Waals surface area (Å²) in [5, 5.41) is 10.6. The first kappa shape index (κ1) is 94.5. The summed E-state index contributed by atoms with van der Waals surface area (Å²) in [5.74, 6) is -2.20. The van der Waals surface area contributed by atoms with E-state index in [1.807, 2.05) is 0 Å². The van der Waals surface area contributed by atoms with Gasteiger partial charge < -0.3 is 33.8 Å². The minimum atomic E-state index is -4.98. The van der Waals surface area contributed by atoms with Crippen LogP contribution in [0.2, 0.25) is 0 Å². The van der Waals surface area contributed by atoms with Crippen LogP contribution in [-0.2, 0) is 65.4 Å². The number of esters is 4. The molecule has 0 aromatic carbocycles. The van der Waals surface area contributed by atoms with Crippen molar-refractivity contribution >= 4 is 39.5 Å². The molecule has 0 rings (SSSR count). The predicted octanol–water partition coefficient (Wildman–Crippen LogP) is 22.4. The van der Waals surface area contributed by atoms with Gasteiger partial charge in [0.1, 0.15) is 19.3 Å². The van der Waals surface area contributed by atoms with Gasteiger partial charge in [0, 0.05) is 25.7 Å². The highest BCUT2D eigenvalue weighted by Gasteiger charge is 2.30. The van der Waals surface area contributed by atoms with Crippen molar-refractivity contribution in [3.63, 3.8) is 0 Å². The van der Waals surface area contributed by atoms with E-state index < -0.39 is 97.5 Å². The molecule has 0 radical (unpaired) electrons. The molecular weight excluding hydrogens is 1280 g/mol. The van der Waals surface area contributed by atoms with E-state index in [4.69, 9.17) is 37.0 Å². The molecule has 0 saturated heterocycles. The van der Waals surface area contributed by atoms with E-state index in [1.165, 1.54) is 128 Å². The third-order valence-electron chi connectivity index (χ3n) is 16.7. The smallest absolute Gasteiger partial charge is 0.462 e. The van der Waals surface area contributed by atoms with Gasteiger partial charge in [-0.3, -0.25) is 37.3 Å². The molecule has 17 nitrogen and oxygen atoms in total. The Balaban J connectivity index is 5.37. The second kappa shape index (κ2) is 71.9. The van der Waals surface area contributed by atoms with Gasteiger partial charge in [-0.05, 0) is 109 Å². The maximum Gasteiger partial charge on any atom is 0.472 e. The molecule has 98 heavy (non-hydrogen) atoms. The van der Waals surface area contributed by atoms with Gasteiger partial charge >= 0.3 is 39.5 Å². The van der Waals surface area contributed by atoms with E-state index >= 15 is 0 Å². The summed E-state index contributed by atoms with van der Waals surface area (Å²) in [6.45, 7) is 4.80. The summed E-state index contributed by atoms with van der Waals surface area (Å²) < 4.78 is 68.5. The fourth-order valence-corrected chi connectivity index (χ4v) is 12.2. The van der Waals surface area contributed by atoms with Crippen LogP contribution in [0.5, 0.6) is 0 Å². The van der Waals surface area contributed by atoms with Crippen molar-refractivity contribution in [3.05, 3.63) is 72.9 Å². The highest BCUT2D eigenvalue weighted by atomic mass is 31.2. The Bertz CT molecular complexity index is 2140. The van der Waals surface area contributed by atoms with Crippen LogP contribution < -0.4 is 0 Å². The number of aliphatic hydroxyl groups is 1. The maximum atomic E-state index is 13.1. The molecule has 19 heteroatoms. The summed E-state index contributed by atoms with van der Waals surface area (Å²) in [4.78, 5) is 72.9. The molecule has 0 aliphatic rings. The summed E-state index contributed by atoms with van der Waals surface area (Å²) in [5.41, 5.74) is 0. The van der Waals surface area contributed by atoms with E-state index in [9.17, 15) is 43.2 Å². The van der Waals surface area contributed by atoms with Gasteiger partial charge in [0.15, 0.2) is 12.2 Å².